The molecule has 1 aromatic carbocycles. The molecule has 0 unspecified atom stereocenters. The minimum absolute atomic E-state index is 0.00302. The summed E-state index contributed by atoms with van der Waals surface area (Å²) >= 11 is 2.97. The van der Waals surface area contributed by atoms with Gasteiger partial charge in [-0.2, -0.15) is 0 Å². The monoisotopic (exact) mass is 428 g/mol. The number of carbonyl (C=O) groups is 1. The number of aromatic nitrogens is 2. The number of ether oxygens (including phenoxy) is 1. The second-order valence-corrected chi connectivity index (χ2v) is 9.34. The fourth-order valence-electron chi connectivity index (χ4n) is 3.66. The largest absolute Gasteiger partial charge is 0.383 e. The van der Waals surface area contributed by atoms with Crippen molar-refractivity contribution in [2.75, 3.05) is 19.5 Å². The number of fused-ring (bicyclic) bond motifs is 3. The highest BCUT2D eigenvalue weighted by molar-refractivity contribution is 7.99. The summed E-state index contributed by atoms with van der Waals surface area (Å²) in [6.07, 6.45) is 4.28. The second-order valence-electron chi connectivity index (χ2n) is 7.31. The number of nitrogens with zero attached hydrogens (tertiary/aromatic N) is 2. The molecule has 3 aromatic rings. The molecule has 152 valence electrons. The smallest absolute Gasteiger partial charge is 0.263 e. The summed E-state index contributed by atoms with van der Waals surface area (Å²) in [4.78, 5) is 32.8. The van der Waals surface area contributed by atoms with Gasteiger partial charge in [0.25, 0.3) is 5.56 Å². The molecule has 0 radical (unpaired) electrons. The lowest BCUT2D eigenvalue weighted by molar-refractivity contribution is 0.102. The molecule has 0 spiro atoms. The van der Waals surface area contributed by atoms with E-state index in [1.54, 1.807) is 23.0 Å². The molecule has 0 aliphatic heterocycles. The van der Waals surface area contributed by atoms with Crippen molar-refractivity contribution in [1.82, 2.24) is 9.55 Å². The number of Topliss-reactive ketones (excluding diaryl/α,β-unsaturated/α-hetero) is 1. The number of hydrogen-bond donors (Lipinski definition) is 0. The molecule has 0 atom stereocenters. The van der Waals surface area contributed by atoms with Crippen molar-refractivity contribution < 1.29 is 9.53 Å². The highest BCUT2D eigenvalue weighted by atomic mass is 32.2. The number of aryl methyl sites for hydroxylation is 3. The standard InChI is InChI=1S/C22H24N2O3S2/c1-14-7-9-15(10-8-14)17(25)13-28-22-23-20-19(21(26)24(22)11-12-27-2)16-5-3-4-6-18(16)29-20/h7-10H,3-6,11-13H2,1-2H3. The van der Waals surface area contributed by atoms with Crippen LogP contribution in [0, 0.1) is 6.92 Å². The molecule has 0 amide bonds. The van der Waals surface area contributed by atoms with Crippen LogP contribution >= 0.6 is 23.1 Å². The van der Waals surface area contributed by atoms with Crippen LogP contribution < -0.4 is 5.56 Å². The summed E-state index contributed by atoms with van der Waals surface area (Å²) in [7, 11) is 1.62. The molecule has 7 heteroatoms. The Hall–Kier alpha value is -1.96. The average molecular weight is 429 g/mol. The Kier molecular flexibility index (Phi) is 6.18. The molecule has 5 nitrogen and oxygen atoms in total. The maximum absolute atomic E-state index is 13.3. The molecule has 2 heterocycles. The van der Waals surface area contributed by atoms with Crippen molar-refractivity contribution in [3.8, 4) is 0 Å². The van der Waals surface area contributed by atoms with Crippen LogP contribution in [0.15, 0.2) is 34.2 Å². The van der Waals surface area contributed by atoms with E-state index in [0.29, 0.717) is 23.9 Å². The van der Waals surface area contributed by atoms with Crippen LogP contribution in [0.4, 0.5) is 0 Å². The maximum atomic E-state index is 13.3. The molecule has 0 bridgehead atoms. The van der Waals surface area contributed by atoms with Gasteiger partial charge in [0.2, 0.25) is 0 Å². The van der Waals surface area contributed by atoms with Gasteiger partial charge < -0.3 is 4.74 Å². The van der Waals surface area contributed by atoms with Crippen molar-refractivity contribution in [2.45, 2.75) is 44.3 Å². The normalized spacial score (nSPS) is 13.6. The number of methoxy groups -OCH3 is 1. The number of thioether (sulfide) groups is 1. The molecule has 1 aliphatic rings. The topological polar surface area (TPSA) is 61.2 Å². The van der Waals surface area contributed by atoms with Crippen LogP contribution in [0.1, 0.15) is 39.2 Å². The molecule has 1 aliphatic carbocycles. The Morgan fingerprint density at radius 1 is 1.24 bits per heavy atom. The first-order chi connectivity index (χ1) is 14.1. The molecule has 0 saturated heterocycles. The van der Waals surface area contributed by atoms with Gasteiger partial charge in [-0.05, 0) is 38.2 Å². The predicted octanol–water partition coefficient (Wildman–Crippen LogP) is 4.27. The van der Waals surface area contributed by atoms with Crippen molar-refractivity contribution >= 4 is 39.1 Å². The third-order valence-electron chi connectivity index (χ3n) is 5.26. The van der Waals surface area contributed by atoms with E-state index in [1.807, 2.05) is 31.2 Å². The highest BCUT2D eigenvalue weighted by Gasteiger charge is 2.22. The van der Waals surface area contributed by atoms with E-state index < -0.39 is 0 Å². The fourth-order valence-corrected chi connectivity index (χ4v) is 5.88. The molecule has 29 heavy (non-hydrogen) atoms. The summed E-state index contributed by atoms with van der Waals surface area (Å²) in [5.41, 5.74) is 2.99. The van der Waals surface area contributed by atoms with Gasteiger partial charge in [0.1, 0.15) is 4.83 Å². The third kappa shape index (κ3) is 4.17. The Bertz CT molecular complexity index is 1100. The van der Waals surface area contributed by atoms with E-state index in [9.17, 15) is 9.59 Å². The van der Waals surface area contributed by atoms with Gasteiger partial charge in [-0.25, -0.2) is 4.98 Å². The van der Waals surface area contributed by atoms with Crippen LogP contribution in [0.25, 0.3) is 10.2 Å². The van der Waals surface area contributed by atoms with Gasteiger partial charge in [-0.3, -0.25) is 14.2 Å². The predicted molar refractivity (Wildman–Crippen MR) is 119 cm³/mol. The zero-order chi connectivity index (χ0) is 20.4. The number of thiophene rings is 1. The number of hydrogen-bond acceptors (Lipinski definition) is 6. The first kappa shape index (κ1) is 20.3. The first-order valence-electron chi connectivity index (χ1n) is 9.85. The quantitative estimate of drug-likeness (QED) is 0.320. The minimum atomic E-state index is -0.00302. The van der Waals surface area contributed by atoms with E-state index in [4.69, 9.17) is 9.72 Å². The maximum Gasteiger partial charge on any atom is 0.263 e. The zero-order valence-corrected chi connectivity index (χ0v) is 18.3. The van der Waals surface area contributed by atoms with Gasteiger partial charge in [0.15, 0.2) is 10.9 Å². The van der Waals surface area contributed by atoms with E-state index >= 15 is 0 Å². The Morgan fingerprint density at radius 2 is 2.00 bits per heavy atom. The van der Waals surface area contributed by atoms with Gasteiger partial charge in [0, 0.05) is 17.6 Å². The Balaban J connectivity index is 1.67. The Morgan fingerprint density at radius 3 is 2.76 bits per heavy atom. The number of rotatable bonds is 7. The van der Waals surface area contributed by atoms with Gasteiger partial charge in [-0.1, -0.05) is 41.6 Å². The first-order valence-corrected chi connectivity index (χ1v) is 11.7. The summed E-state index contributed by atoms with van der Waals surface area (Å²) in [6, 6.07) is 7.57. The summed E-state index contributed by atoms with van der Waals surface area (Å²) < 4.78 is 6.89. The lowest BCUT2D eigenvalue weighted by atomic mass is 9.97. The van der Waals surface area contributed by atoms with Crippen molar-refractivity contribution in [3.63, 3.8) is 0 Å². The minimum Gasteiger partial charge on any atom is -0.383 e. The lowest BCUT2D eigenvalue weighted by Crippen LogP contribution is -2.26. The second kappa shape index (κ2) is 8.81. The average Bonchev–Trinajstić information content (AvgIpc) is 3.10. The van der Waals surface area contributed by atoms with Crippen LogP contribution in [-0.2, 0) is 24.1 Å². The molecular weight excluding hydrogens is 404 g/mol. The molecule has 0 N–H and O–H groups in total. The van der Waals surface area contributed by atoms with Crippen LogP contribution in [0.3, 0.4) is 0 Å². The third-order valence-corrected chi connectivity index (χ3v) is 7.43. The molecule has 0 fully saturated rings. The van der Waals surface area contributed by atoms with Gasteiger partial charge in [0.05, 0.1) is 24.3 Å². The summed E-state index contributed by atoms with van der Waals surface area (Å²) in [5, 5.41) is 1.37. The van der Waals surface area contributed by atoms with Crippen LogP contribution in [0.2, 0.25) is 0 Å². The van der Waals surface area contributed by atoms with Crippen LogP contribution in [-0.4, -0.2) is 34.8 Å². The lowest BCUT2D eigenvalue weighted by Gasteiger charge is -2.13. The van der Waals surface area contributed by atoms with Crippen LogP contribution in [0.5, 0.6) is 0 Å². The van der Waals surface area contributed by atoms with E-state index in [-0.39, 0.29) is 17.1 Å². The molecule has 4 rings (SSSR count). The number of benzene rings is 1. The summed E-state index contributed by atoms with van der Waals surface area (Å²) in [6.45, 7) is 2.86. The van der Waals surface area contributed by atoms with E-state index in [1.165, 1.54) is 28.6 Å². The number of ketones is 1. The number of carbonyl (C=O) groups excluding carboxylic acids is 1. The highest BCUT2D eigenvalue weighted by Crippen LogP contribution is 2.34. The van der Waals surface area contributed by atoms with Crippen molar-refractivity contribution in [1.29, 1.82) is 0 Å². The van der Waals surface area contributed by atoms with Crippen molar-refractivity contribution in [3.05, 3.63) is 56.2 Å². The van der Waals surface area contributed by atoms with E-state index in [2.05, 4.69) is 0 Å². The van der Waals surface area contributed by atoms with Gasteiger partial charge >= 0.3 is 0 Å². The van der Waals surface area contributed by atoms with E-state index in [0.717, 1.165) is 35.0 Å². The molecular formula is C22H24N2O3S2. The zero-order valence-electron chi connectivity index (χ0n) is 16.7. The molecule has 2 aromatic heterocycles. The SMILES string of the molecule is COCCn1c(SCC(=O)c2ccc(C)cc2)nc2sc3c(c2c1=O)CCCC3. The Labute approximate surface area is 178 Å². The van der Waals surface area contributed by atoms with Crippen molar-refractivity contribution in [2.24, 2.45) is 0 Å². The molecule has 0 saturated carbocycles. The fraction of sp³-hybridized carbons (Fsp3) is 0.409. The summed E-state index contributed by atoms with van der Waals surface area (Å²) in [5.74, 6) is 0.284. The van der Waals surface area contributed by atoms with Gasteiger partial charge in [-0.15, -0.1) is 11.3 Å².